The van der Waals surface area contributed by atoms with E-state index in [1.54, 1.807) is 12.4 Å². The van der Waals surface area contributed by atoms with E-state index >= 15 is 0 Å². The molecule has 0 unspecified atom stereocenters. The van der Waals surface area contributed by atoms with Gasteiger partial charge in [0.2, 0.25) is 5.91 Å². The summed E-state index contributed by atoms with van der Waals surface area (Å²) in [7, 11) is 0. The quantitative estimate of drug-likeness (QED) is 0.509. The van der Waals surface area contributed by atoms with Crippen molar-refractivity contribution in [1.29, 1.82) is 0 Å². The summed E-state index contributed by atoms with van der Waals surface area (Å²) in [6.45, 7) is 4.15. The highest BCUT2D eigenvalue weighted by molar-refractivity contribution is 5.76. The van der Waals surface area contributed by atoms with E-state index in [-0.39, 0.29) is 5.91 Å². The number of para-hydroxylation sites is 1. The highest BCUT2D eigenvalue weighted by Crippen LogP contribution is 2.23. The van der Waals surface area contributed by atoms with Crippen molar-refractivity contribution in [2.45, 2.75) is 33.2 Å². The molecular weight excluding hydrogens is 378 g/mol. The Labute approximate surface area is 174 Å². The number of nitrogens with one attached hydrogen (secondary N) is 1. The maximum Gasteiger partial charge on any atom is 0.220 e. The van der Waals surface area contributed by atoms with Crippen LogP contribution in [-0.2, 0) is 17.8 Å². The van der Waals surface area contributed by atoms with E-state index in [4.69, 9.17) is 9.62 Å². The molecular formula is C23H23N5O2. The second-order valence-electron chi connectivity index (χ2n) is 7.10. The summed E-state index contributed by atoms with van der Waals surface area (Å²) < 4.78 is 7.00. The number of amides is 1. The van der Waals surface area contributed by atoms with Crippen LogP contribution in [0.15, 0.2) is 65.6 Å². The Hall–Kier alpha value is -3.74. The van der Waals surface area contributed by atoms with Gasteiger partial charge in [-0.3, -0.25) is 9.78 Å². The van der Waals surface area contributed by atoms with E-state index in [2.05, 4.69) is 15.5 Å². The van der Waals surface area contributed by atoms with Gasteiger partial charge in [0, 0.05) is 48.2 Å². The number of pyridine rings is 1. The Balaban J connectivity index is 1.50. The van der Waals surface area contributed by atoms with Crippen LogP contribution in [0.2, 0.25) is 0 Å². The van der Waals surface area contributed by atoms with Crippen molar-refractivity contribution in [2.75, 3.05) is 0 Å². The summed E-state index contributed by atoms with van der Waals surface area (Å²) in [5, 5.41) is 11.7. The maximum absolute atomic E-state index is 12.5. The SMILES string of the molecule is Cc1noc(C)c1CCC(=O)NCc1cn(-c2ccccc2)nc1-c1ccncc1. The van der Waals surface area contributed by atoms with Gasteiger partial charge in [0.15, 0.2) is 0 Å². The number of aryl methyl sites for hydroxylation is 2. The van der Waals surface area contributed by atoms with Gasteiger partial charge in [0.25, 0.3) is 0 Å². The Morgan fingerprint density at radius 1 is 1.10 bits per heavy atom. The number of hydrogen-bond donors (Lipinski definition) is 1. The fourth-order valence-electron chi connectivity index (χ4n) is 3.38. The molecule has 30 heavy (non-hydrogen) atoms. The molecule has 0 aliphatic rings. The van der Waals surface area contributed by atoms with Gasteiger partial charge >= 0.3 is 0 Å². The molecule has 0 fully saturated rings. The summed E-state index contributed by atoms with van der Waals surface area (Å²) in [6.07, 6.45) is 6.42. The van der Waals surface area contributed by atoms with Crippen molar-refractivity contribution < 1.29 is 9.32 Å². The summed E-state index contributed by atoms with van der Waals surface area (Å²) in [5.41, 5.74) is 5.52. The zero-order valence-electron chi connectivity index (χ0n) is 17.0. The molecule has 0 aliphatic carbocycles. The van der Waals surface area contributed by atoms with Crippen LogP contribution in [0.25, 0.3) is 16.9 Å². The lowest BCUT2D eigenvalue weighted by atomic mass is 10.1. The lowest BCUT2D eigenvalue weighted by molar-refractivity contribution is -0.121. The van der Waals surface area contributed by atoms with Crippen LogP contribution in [0, 0.1) is 13.8 Å². The second kappa shape index (κ2) is 8.73. The molecule has 7 nitrogen and oxygen atoms in total. The molecule has 7 heteroatoms. The van der Waals surface area contributed by atoms with Gasteiger partial charge in [0.05, 0.1) is 17.1 Å². The van der Waals surface area contributed by atoms with Crippen LogP contribution >= 0.6 is 0 Å². The largest absolute Gasteiger partial charge is 0.361 e. The van der Waals surface area contributed by atoms with Gasteiger partial charge in [0.1, 0.15) is 5.76 Å². The standard InChI is InChI=1S/C23H23N5O2/c1-16-21(17(2)30-27-16)8-9-22(29)25-14-19-15-28(20-6-4-3-5-7-20)26-23(19)18-10-12-24-13-11-18/h3-7,10-13,15H,8-9,14H2,1-2H3,(H,25,29). The van der Waals surface area contributed by atoms with Crippen LogP contribution < -0.4 is 5.32 Å². The maximum atomic E-state index is 12.5. The molecule has 152 valence electrons. The van der Waals surface area contributed by atoms with Gasteiger partial charge in [-0.05, 0) is 44.5 Å². The van der Waals surface area contributed by atoms with E-state index < -0.39 is 0 Å². The minimum Gasteiger partial charge on any atom is -0.361 e. The number of hydrogen-bond acceptors (Lipinski definition) is 5. The van der Waals surface area contributed by atoms with Gasteiger partial charge in [-0.25, -0.2) is 4.68 Å². The van der Waals surface area contributed by atoms with Crippen LogP contribution in [-0.4, -0.2) is 25.8 Å². The molecule has 3 heterocycles. The summed E-state index contributed by atoms with van der Waals surface area (Å²) >= 11 is 0. The lowest BCUT2D eigenvalue weighted by Gasteiger charge is -2.06. The third-order valence-electron chi connectivity index (χ3n) is 5.02. The fraction of sp³-hybridized carbons (Fsp3) is 0.217. The first kappa shape index (κ1) is 19.6. The molecule has 1 amide bonds. The number of benzene rings is 1. The van der Waals surface area contributed by atoms with Crippen LogP contribution in [0.4, 0.5) is 0 Å². The summed E-state index contributed by atoms with van der Waals surface area (Å²) in [6, 6.07) is 13.7. The summed E-state index contributed by atoms with van der Waals surface area (Å²) in [4.78, 5) is 16.5. The van der Waals surface area contributed by atoms with E-state index in [0.29, 0.717) is 19.4 Å². The third kappa shape index (κ3) is 4.30. The molecule has 0 atom stereocenters. The highest BCUT2D eigenvalue weighted by Gasteiger charge is 2.15. The first-order valence-electron chi connectivity index (χ1n) is 9.84. The number of carbonyl (C=O) groups is 1. The van der Waals surface area contributed by atoms with E-state index in [9.17, 15) is 4.79 Å². The van der Waals surface area contributed by atoms with Crippen molar-refractivity contribution in [2.24, 2.45) is 0 Å². The zero-order chi connectivity index (χ0) is 20.9. The smallest absolute Gasteiger partial charge is 0.220 e. The zero-order valence-corrected chi connectivity index (χ0v) is 17.0. The van der Waals surface area contributed by atoms with E-state index in [1.807, 2.05) is 67.2 Å². The first-order valence-corrected chi connectivity index (χ1v) is 9.84. The minimum absolute atomic E-state index is 0.0249. The van der Waals surface area contributed by atoms with Crippen LogP contribution in [0.3, 0.4) is 0 Å². The molecule has 3 aromatic heterocycles. The average molecular weight is 401 g/mol. The number of carbonyl (C=O) groups excluding carboxylic acids is 1. The molecule has 0 aliphatic heterocycles. The Morgan fingerprint density at radius 3 is 2.57 bits per heavy atom. The van der Waals surface area contributed by atoms with Crippen molar-refractivity contribution >= 4 is 5.91 Å². The van der Waals surface area contributed by atoms with Crippen LogP contribution in [0.5, 0.6) is 0 Å². The van der Waals surface area contributed by atoms with Gasteiger partial charge in [-0.1, -0.05) is 23.4 Å². The Bertz CT molecular complexity index is 1110. The normalized spacial score (nSPS) is 10.9. The van der Waals surface area contributed by atoms with Gasteiger partial charge in [-0.2, -0.15) is 5.10 Å². The molecule has 0 spiro atoms. The third-order valence-corrected chi connectivity index (χ3v) is 5.02. The molecule has 1 N–H and O–H groups in total. The molecule has 4 aromatic rings. The first-order chi connectivity index (χ1) is 14.6. The topological polar surface area (TPSA) is 85.8 Å². The minimum atomic E-state index is -0.0249. The second-order valence-corrected chi connectivity index (χ2v) is 7.10. The molecule has 0 saturated heterocycles. The van der Waals surface area contributed by atoms with Gasteiger partial charge < -0.3 is 9.84 Å². The predicted molar refractivity (Wildman–Crippen MR) is 113 cm³/mol. The molecule has 0 radical (unpaired) electrons. The molecule has 0 bridgehead atoms. The lowest BCUT2D eigenvalue weighted by Crippen LogP contribution is -2.23. The van der Waals surface area contributed by atoms with Crippen molar-refractivity contribution in [1.82, 2.24) is 25.2 Å². The summed E-state index contributed by atoms with van der Waals surface area (Å²) in [5.74, 6) is 0.743. The van der Waals surface area contributed by atoms with Gasteiger partial charge in [-0.15, -0.1) is 0 Å². The van der Waals surface area contributed by atoms with Crippen molar-refractivity contribution in [3.63, 3.8) is 0 Å². The number of rotatable bonds is 7. The Morgan fingerprint density at radius 2 is 1.87 bits per heavy atom. The van der Waals surface area contributed by atoms with Crippen LogP contribution in [0.1, 0.15) is 29.0 Å². The average Bonchev–Trinajstić information content (AvgIpc) is 3.35. The highest BCUT2D eigenvalue weighted by atomic mass is 16.5. The monoisotopic (exact) mass is 401 g/mol. The van der Waals surface area contributed by atoms with Crippen molar-refractivity contribution in [3.8, 4) is 16.9 Å². The van der Waals surface area contributed by atoms with E-state index in [0.717, 1.165) is 39.5 Å². The predicted octanol–water partition coefficient (Wildman–Crippen LogP) is 3.79. The fourth-order valence-corrected chi connectivity index (χ4v) is 3.38. The number of aromatic nitrogens is 4. The molecule has 4 rings (SSSR count). The van der Waals surface area contributed by atoms with Crippen molar-refractivity contribution in [3.05, 3.63) is 83.6 Å². The van der Waals surface area contributed by atoms with E-state index in [1.165, 1.54) is 0 Å². The molecule has 0 saturated carbocycles. The Kier molecular flexibility index (Phi) is 5.70. The number of nitrogens with zero attached hydrogens (tertiary/aromatic N) is 4. The molecule has 1 aromatic carbocycles.